The average molecular weight is 469 g/mol. The van der Waals surface area contributed by atoms with E-state index in [9.17, 15) is 16.8 Å². The van der Waals surface area contributed by atoms with Gasteiger partial charge >= 0.3 is 20.2 Å². The predicted molar refractivity (Wildman–Crippen MR) is 122 cm³/mol. The minimum Gasteiger partial charge on any atom is -0.378 e. The van der Waals surface area contributed by atoms with Gasteiger partial charge in [-0.05, 0) is 55.6 Å². The van der Waals surface area contributed by atoms with Gasteiger partial charge in [0, 0.05) is 0 Å². The first-order chi connectivity index (χ1) is 15.2. The standard InChI is InChI=1S/C24H20O6S2/c1-17-9-13-20(14-10-17)31(25,26)29-22-7-3-5-19-6-4-8-23(24(19)22)30-32(27,28)21-15-11-18(2)12-16-21/h3-16H,1-2H3. The van der Waals surface area contributed by atoms with Gasteiger partial charge in [0.2, 0.25) is 0 Å². The van der Waals surface area contributed by atoms with E-state index < -0.39 is 20.2 Å². The van der Waals surface area contributed by atoms with Crippen molar-refractivity contribution in [2.75, 3.05) is 0 Å². The van der Waals surface area contributed by atoms with Gasteiger partial charge in [0.15, 0.2) is 11.5 Å². The Morgan fingerprint density at radius 1 is 0.531 bits per heavy atom. The summed E-state index contributed by atoms with van der Waals surface area (Å²) in [6, 6.07) is 22.1. The van der Waals surface area contributed by atoms with Crippen molar-refractivity contribution in [3.8, 4) is 11.5 Å². The van der Waals surface area contributed by atoms with Gasteiger partial charge in [0.05, 0.1) is 5.39 Å². The quantitative estimate of drug-likeness (QED) is 0.371. The van der Waals surface area contributed by atoms with Crippen LogP contribution in [0.4, 0.5) is 0 Å². The predicted octanol–water partition coefficient (Wildman–Crippen LogP) is 4.99. The number of benzene rings is 4. The topological polar surface area (TPSA) is 86.7 Å². The summed E-state index contributed by atoms with van der Waals surface area (Å²) in [5.74, 6) is -0.0597. The molecule has 4 rings (SSSR count). The highest BCUT2D eigenvalue weighted by atomic mass is 32.2. The van der Waals surface area contributed by atoms with Crippen LogP contribution in [0.15, 0.2) is 94.7 Å². The van der Waals surface area contributed by atoms with Gasteiger partial charge in [-0.25, -0.2) is 0 Å². The molecule has 8 heteroatoms. The van der Waals surface area contributed by atoms with E-state index in [-0.39, 0.29) is 26.7 Å². The molecule has 0 heterocycles. The van der Waals surface area contributed by atoms with Gasteiger partial charge in [0.25, 0.3) is 0 Å². The van der Waals surface area contributed by atoms with Gasteiger partial charge in [-0.2, -0.15) is 16.8 Å². The van der Waals surface area contributed by atoms with E-state index in [1.165, 1.54) is 36.4 Å². The zero-order chi connectivity index (χ0) is 22.9. The normalized spacial score (nSPS) is 11.9. The molecule has 0 atom stereocenters. The molecule has 0 N–H and O–H groups in total. The third-order valence-electron chi connectivity index (χ3n) is 4.85. The molecular weight excluding hydrogens is 448 g/mol. The van der Waals surface area contributed by atoms with Crippen LogP contribution in [0.5, 0.6) is 11.5 Å². The SMILES string of the molecule is Cc1ccc(S(=O)(=O)Oc2cccc3cccc(OS(=O)(=O)c4ccc(C)cc4)c23)cc1. The number of hydrogen-bond acceptors (Lipinski definition) is 6. The first kappa shape index (κ1) is 21.9. The van der Waals surface area contributed by atoms with Crippen molar-refractivity contribution in [3.05, 3.63) is 96.1 Å². The van der Waals surface area contributed by atoms with E-state index in [4.69, 9.17) is 8.37 Å². The van der Waals surface area contributed by atoms with Crippen molar-refractivity contribution in [2.45, 2.75) is 23.6 Å². The highest BCUT2D eigenvalue weighted by molar-refractivity contribution is 7.87. The lowest BCUT2D eigenvalue weighted by Gasteiger charge is -2.14. The second kappa shape index (κ2) is 8.29. The van der Waals surface area contributed by atoms with Crippen molar-refractivity contribution >= 4 is 31.0 Å². The Hall–Kier alpha value is -3.36. The minimum atomic E-state index is -4.14. The molecule has 0 spiro atoms. The second-order valence-corrected chi connectivity index (χ2v) is 10.4. The Balaban J connectivity index is 1.77. The fourth-order valence-electron chi connectivity index (χ4n) is 3.15. The van der Waals surface area contributed by atoms with Crippen LogP contribution in [0.1, 0.15) is 11.1 Å². The molecule has 4 aromatic rings. The lowest BCUT2D eigenvalue weighted by molar-refractivity contribution is 0.482. The first-order valence-corrected chi connectivity index (χ1v) is 12.5. The van der Waals surface area contributed by atoms with E-state index in [0.29, 0.717) is 5.39 Å². The Labute approximate surface area is 187 Å². The number of aryl methyl sites for hydroxylation is 2. The molecule has 0 aliphatic rings. The number of fused-ring (bicyclic) bond motifs is 1. The summed E-state index contributed by atoms with van der Waals surface area (Å²) >= 11 is 0. The van der Waals surface area contributed by atoms with E-state index in [2.05, 4.69) is 0 Å². The molecule has 0 bridgehead atoms. The third-order valence-corrected chi connectivity index (χ3v) is 7.34. The van der Waals surface area contributed by atoms with E-state index in [0.717, 1.165) is 11.1 Å². The molecule has 0 unspecified atom stereocenters. The van der Waals surface area contributed by atoms with E-state index in [1.54, 1.807) is 48.5 Å². The Kier molecular flexibility index (Phi) is 5.66. The molecule has 0 amide bonds. The van der Waals surface area contributed by atoms with Crippen LogP contribution in [-0.4, -0.2) is 16.8 Å². The monoisotopic (exact) mass is 468 g/mol. The summed E-state index contributed by atoms with van der Waals surface area (Å²) in [7, 11) is -8.29. The van der Waals surface area contributed by atoms with Crippen molar-refractivity contribution < 1.29 is 25.2 Å². The summed E-state index contributed by atoms with van der Waals surface area (Å²) in [6.45, 7) is 3.69. The minimum absolute atomic E-state index is 0.00854. The molecule has 164 valence electrons. The molecule has 0 fully saturated rings. The van der Waals surface area contributed by atoms with Gasteiger partial charge in [-0.1, -0.05) is 59.7 Å². The zero-order valence-electron chi connectivity index (χ0n) is 17.3. The van der Waals surface area contributed by atoms with Crippen molar-refractivity contribution in [1.29, 1.82) is 0 Å². The maximum atomic E-state index is 12.8. The van der Waals surface area contributed by atoms with Crippen LogP contribution in [0, 0.1) is 13.8 Å². The van der Waals surface area contributed by atoms with Gasteiger partial charge < -0.3 is 8.37 Å². The molecule has 6 nitrogen and oxygen atoms in total. The fourth-order valence-corrected chi connectivity index (χ4v) is 5.04. The molecule has 4 aromatic carbocycles. The number of hydrogen-bond donors (Lipinski definition) is 0. The largest absolute Gasteiger partial charge is 0.378 e. The lowest BCUT2D eigenvalue weighted by atomic mass is 10.1. The Bertz CT molecular complexity index is 1380. The molecule has 0 saturated heterocycles. The van der Waals surface area contributed by atoms with Crippen LogP contribution in [-0.2, 0) is 20.2 Å². The highest BCUT2D eigenvalue weighted by Crippen LogP contribution is 2.37. The van der Waals surface area contributed by atoms with Gasteiger partial charge in [-0.3, -0.25) is 0 Å². The zero-order valence-corrected chi connectivity index (χ0v) is 19.0. The van der Waals surface area contributed by atoms with Crippen molar-refractivity contribution in [1.82, 2.24) is 0 Å². The lowest BCUT2D eigenvalue weighted by Crippen LogP contribution is -2.12. The molecule has 0 radical (unpaired) electrons. The van der Waals surface area contributed by atoms with E-state index in [1.807, 2.05) is 13.8 Å². The van der Waals surface area contributed by atoms with Crippen molar-refractivity contribution in [2.24, 2.45) is 0 Å². The fraction of sp³-hybridized carbons (Fsp3) is 0.0833. The van der Waals surface area contributed by atoms with Crippen LogP contribution in [0.25, 0.3) is 10.8 Å². The summed E-state index contributed by atoms with van der Waals surface area (Å²) in [4.78, 5) is -0.0171. The van der Waals surface area contributed by atoms with Gasteiger partial charge in [0.1, 0.15) is 9.79 Å². The molecule has 0 aromatic heterocycles. The number of rotatable bonds is 6. The van der Waals surface area contributed by atoms with E-state index >= 15 is 0 Å². The van der Waals surface area contributed by atoms with Gasteiger partial charge in [-0.15, -0.1) is 0 Å². The Morgan fingerprint density at radius 3 is 1.28 bits per heavy atom. The summed E-state index contributed by atoms with van der Waals surface area (Å²) in [5, 5.41) is 0.805. The molecule has 0 saturated carbocycles. The van der Waals surface area contributed by atoms with Crippen LogP contribution < -0.4 is 8.37 Å². The smallest absolute Gasteiger partial charge is 0.339 e. The molecule has 32 heavy (non-hydrogen) atoms. The van der Waals surface area contributed by atoms with Crippen LogP contribution in [0.3, 0.4) is 0 Å². The van der Waals surface area contributed by atoms with Crippen LogP contribution >= 0.6 is 0 Å². The maximum absolute atomic E-state index is 12.8. The van der Waals surface area contributed by atoms with Crippen molar-refractivity contribution in [3.63, 3.8) is 0 Å². The maximum Gasteiger partial charge on any atom is 0.339 e. The Morgan fingerprint density at radius 2 is 0.906 bits per heavy atom. The molecular formula is C24H20O6S2. The average Bonchev–Trinajstić information content (AvgIpc) is 2.74. The molecule has 0 aliphatic carbocycles. The third kappa shape index (κ3) is 4.46. The molecule has 0 aliphatic heterocycles. The second-order valence-electron chi connectivity index (χ2n) is 7.31. The summed E-state index contributed by atoms with van der Waals surface area (Å²) < 4.78 is 62.1. The summed E-state index contributed by atoms with van der Waals surface area (Å²) in [6.07, 6.45) is 0. The summed E-state index contributed by atoms with van der Waals surface area (Å²) in [5.41, 5.74) is 1.82. The van der Waals surface area contributed by atoms with Crippen LogP contribution in [0.2, 0.25) is 0 Å². The highest BCUT2D eigenvalue weighted by Gasteiger charge is 2.22. The first-order valence-electron chi connectivity index (χ1n) is 9.70.